The minimum atomic E-state index is -0.185. The molecule has 0 amide bonds. The lowest BCUT2D eigenvalue weighted by Gasteiger charge is -1.97. The van der Waals surface area contributed by atoms with Gasteiger partial charge in [-0.05, 0) is 19.9 Å². The summed E-state index contributed by atoms with van der Waals surface area (Å²) in [7, 11) is 0. The summed E-state index contributed by atoms with van der Waals surface area (Å²) in [4.78, 5) is 13.5. The van der Waals surface area contributed by atoms with Gasteiger partial charge in [0.2, 0.25) is 6.08 Å². The van der Waals surface area contributed by atoms with Gasteiger partial charge in [0.25, 0.3) is 0 Å². The van der Waals surface area contributed by atoms with Gasteiger partial charge in [-0.15, -0.1) is 0 Å². The normalized spacial score (nSPS) is 12.2. The number of hydrogen-bond donors (Lipinski definition) is 0. The first-order valence-electron chi connectivity index (χ1n) is 3.88. The monoisotopic (exact) mass is 165 g/mol. The predicted octanol–water partition coefficient (Wildman–Crippen LogP) is 1.30. The fourth-order valence-corrected chi connectivity index (χ4v) is 0.922. The predicted molar refractivity (Wildman–Crippen MR) is 44.4 cm³/mol. The van der Waals surface area contributed by atoms with E-state index in [-0.39, 0.29) is 6.04 Å². The second-order valence-electron chi connectivity index (χ2n) is 2.49. The second kappa shape index (κ2) is 3.83. The van der Waals surface area contributed by atoms with Crippen molar-refractivity contribution in [3.63, 3.8) is 0 Å². The standard InChI is InChI=1S/C8H11N3O/c1-3-11-5-4-8(10-11)7(2)9-6-12/h4-5,7H,3H2,1-2H3. The molecule has 1 aromatic rings. The Labute approximate surface area is 70.9 Å². The van der Waals surface area contributed by atoms with Crippen LogP contribution in [0.5, 0.6) is 0 Å². The van der Waals surface area contributed by atoms with Gasteiger partial charge in [-0.3, -0.25) is 4.68 Å². The van der Waals surface area contributed by atoms with E-state index in [2.05, 4.69) is 10.1 Å². The lowest BCUT2D eigenvalue weighted by atomic mass is 10.2. The Kier molecular flexibility index (Phi) is 2.77. The molecule has 0 aromatic carbocycles. The van der Waals surface area contributed by atoms with Crippen molar-refractivity contribution in [1.82, 2.24) is 9.78 Å². The molecule has 0 N–H and O–H groups in total. The first-order chi connectivity index (χ1) is 5.77. The van der Waals surface area contributed by atoms with Gasteiger partial charge in [-0.25, -0.2) is 4.79 Å². The van der Waals surface area contributed by atoms with Crippen molar-refractivity contribution >= 4 is 6.08 Å². The van der Waals surface area contributed by atoms with Crippen molar-refractivity contribution in [1.29, 1.82) is 0 Å². The molecule has 0 bridgehead atoms. The van der Waals surface area contributed by atoms with Crippen molar-refractivity contribution < 1.29 is 4.79 Å². The van der Waals surface area contributed by atoms with Crippen LogP contribution in [0.3, 0.4) is 0 Å². The molecule has 1 rings (SSSR count). The van der Waals surface area contributed by atoms with Crippen molar-refractivity contribution in [2.75, 3.05) is 0 Å². The maximum absolute atomic E-state index is 9.94. The van der Waals surface area contributed by atoms with Crippen LogP contribution in [0, 0.1) is 0 Å². The number of carbonyl (C=O) groups excluding carboxylic acids is 1. The van der Waals surface area contributed by atoms with Gasteiger partial charge in [0, 0.05) is 12.7 Å². The van der Waals surface area contributed by atoms with E-state index in [0.29, 0.717) is 0 Å². The minimum absolute atomic E-state index is 0.185. The second-order valence-corrected chi connectivity index (χ2v) is 2.49. The smallest absolute Gasteiger partial charge is 0.235 e. The first-order valence-corrected chi connectivity index (χ1v) is 3.88. The van der Waals surface area contributed by atoms with E-state index in [1.807, 2.05) is 26.1 Å². The highest BCUT2D eigenvalue weighted by Gasteiger charge is 2.05. The molecule has 1 heterocycles. The molecule has 1 atom stereocenters. The number of aromatic nitrogens is 2. The van der Waals surface area contributed by atoms with E-state index < -0.39 is 0 Å². The molecule has 64 valence electrons. The van der Waals surface area contributed by atoms with Crippen molar-refractivity contribution in [3.05, 3.63) is 18.0 Å². The zero-order valence-corrected chi connectivity index (χ0v) is 7.19. The molecule has 4 nitrogen and oxygen atoms in total. The quantitative estimate of drug-likeness (QED) is 0.500. The average molecular weight is 165 g/mol. The van der Waals surface area contributed by atoms with Crippen LogP contribution < -0.4 is 0 Å². The number of hydrogen-bond acceptors (Lipinski definition) is 3. The number of isocyanates is 1. The largest absolute Gasteiger partial charge is 0.273 e. The third kappa shape index (κ3) is 1.80. The van der Waals surface area contributed by atoms with E-state index >= 15 is 0 Å². The van der Waals surface area contributed by atoms with Gasteiger partial charge in [0.1, 0.15) is 6.04 Å². The molecule has 1 aromatic heterocycles. The molecule has 0 spiro atoms. The van der Waals surface area contributed by atoms with Gasteiger partial charge < -0.3 is 0 Å². The van der Waals surface area contributed by atoms with Crippen LogP contribution in [0.4, 0.5) is 0 Å². The number of nitrogens with zero attached hydrogens (tertiary/aromatic N) is 3. The Balaban J connectivity index is 2.81. The van der Waals surface area contributed by atoms with Crippen LogP contribution in [0.1, 0.15) is 25.6 Å². The zero-order valence-electron chi connectivity index (χ0n) is 7.19. The third-order valence-corrected chi connectivity index (χ3v) is 1.66. The Bertz CT molecular complexity index is 299. The molecule has 0 aliphatic carbocycles. The summed E-state index contributed by atoms with van der Waals surface area (Å²) >= 11 is 0. The highest BCUT2D eigenvalue weighted by molar-refractivity contribution is 5.34. The summed E-state index contributed by atoms with van der Waals surface area (Å²) in [6.07, 6.45) is 3.39. The summed E-state index contributed by atoms with van der Waals surface area (Å²) in [5.41, 5.74) is 0.806. The lowest BCUT2D eigenvalue weighted by Crippen LogP contribution is -1.97. The molecule has 4 heteroatoms. The Morgan fingerprint density at radius 3 is 3.08 bits per heavy atom. The first kappa shape index (κ1) is 8.68. The summed E-state index contributed by atoms with van der Waals surface area (Å²) in [5.74, 6) is 0. The summed E-state index contributed by atoms with van der Waals surface area (Å²) in [6, 6.07) is 1.67. The lowest BCUT2D eigenvalue weighted by molar-refractivity contribution is 0.557. The molecule has 0 aliphatic heterocycles. The van der Waals surface area contributed by atoms with Gasteiger partial charge >= 0.3 is 0 Å². The molecular weight excluding hydrogens is 154 g/mol. The van der Waals surface area contributed by atoms with E-state index in [9.17, 15) is 4.79 Å². The summed E-state index contributed by atoms with van der Waals surface area (Å²) in [5, 5.41) is 4.19. The van der Waals surface area contributed by atoms with Crippen molar-refractivity contribution in [2.24, 2.45) is 4.99 Å². The SMILES string of the molecule is CCn1ccc(C(C)N=C=O)n1. The maximum Gasteiger partial charge on any atom is 0.235 e. The highest BCUT2D eigenvalue weighted by Crippen LogP contribution is 2.12. The van der Waals surface area contributed by atoms with Gasteiger partial charge in [0.15, 0.2) is 0 Å². The van der Waals surface area contributed by atoms with E-state index in [0.717, 1.165) is 12.2 Å². The molecule has 0 saturated heterocycles. The Morgan fingerprint density at radius 1 is 1.83 bits per heavy atom. The number of aryl methyl sites for hydroxylation is 1. The van der Waals surface area contributed by atoms with E-state index in [1.54, 1.807) is 4.68 Å². The van der Waals surface area contributed by atoms with E-state index in [4.69, 9.17) is 0 Å². The van der Waals surface area contributed by atoms with Crippen LogP contribution in [-0.2, 0) is 11.3 Å². The number of aliphatic imine (C=N–C) groups is 1. The van der Waals surface area contributed by atoms with Gasteiger partial charge in [-0.2, -0.15) is 10.1 Å². The van der Waals surface area contributed by atoms with E-state index in [1.165, 1.54) is 6.08 Å². The van der Waals surface area contributed by atoms with Crippen LogP contribution in [0.25, 0.3) is 0 Å². The maximum atomic E-state index is 9.94. The molecule has 1 unspecified atom stereocenters. The average Bonchev–Trinajstić information content (AvgIpc) is 2.52. The third-order valence-electron chi connectivity index (χ3n) is 1.66. The fraction of sp³-hybridized carbons (Fsp3) is 0.500. The molecule has 0 aliphatic rings. The van der Waals surface area contributed by atoms with Crippen molar-refractivity contribution in [3.8, 4) is 0 Å². The van der Waals surface area contributed by atoms with Crippen LogP contribution in [0.15, 0.2) is 17.3 Å². The van der Waals surface area contributed by atoms with Crippen molar-refractivity contribution in [2.45, 2.75) is 26.4 Å². The Morgan fingerprint density at radius 2 is 2.58 bits per heavy atom. The zero-order chi connectivity index (χ0) is 8.97. The van der Waals surface area contributed by atoms with Crippen LogP contribution in [-0.4, -0.2) is 15.9 Å². The topological polar surface area (TPSA) is 47.2 Å². The van der Waals surface area contributed by atoms with Crippen LogP contribution in [0.2, 0.25) is 0 Å². The molecule has 0 radical (unpaired) electrons. The minimum Gasteiger partial charge on any atom is -0.273 e. The van der Waals surface area contributed by atoms with Crippen LogP contribution >= 0.6 is 0 Å². The molecule has 0 fully saturated rings. The fourth-order valence-electron chi connectivity index (χ4n) is 0.922. The van der Waals surface area contributed by atoms with Gasteiger partial charge in [0.05, 0.1) is 5.69 Å². The Hall–Kier alpha value is -1.41. The highest BCUT2D eigenvalue weighted by atomic mass is 16.1. The molecular formula is C8H11N3O. The summed E-state index contributed by atoms with van der Waals surface area (Å²) in [6.45, 7) is 4.65. The molecule has 0 saturated carbocycles. The number of rotatable bonds is 3. The van der Waals surface area contributed by atoms with Gasteiger partial charge in [-0.1, -0.05) is 0 Å². The summed E-state index contributed by atoms with van der Waals surface area (Å²) < 4.78 is 1.80. The molecule has 12 heavy (non-hydrogen) atoms.